The maximum Gasteiger partial charge on any atom is 0.182 e. The van der Waals surface area contributed by atoms with E-state index in [4.69, 9.17) is 29.6 Å². The summed E-state index contributed by atoms with van der Waals surface area (Å²) in [6, 6.07) is 14.2. The highest BCUT2D eigenvalue weighted by Crippen LogP contribution is 2.54. The van der Waals surface area contributed by atoms with Crippen LogP contribution >= 0.6 is 23.8 Å². The summed E-state index contributed by atoms with van der Waals surface area (Å²) in [5.74, 6) is -0.512. The molecule has 3 nitrogen and oxygen atoms in total. The van der Waals surface area contributed by atoms with Crippen molar-refractivity contribution in [2.24, 2.45) is 11.7 Å². The van der Waals surface area contributed by atoms with Crippen LogP contribution < -0.4 is 5.73 Å². The molecule has 3 atom stereocenters. The van der Waals surface area contributed by atoms with E-state index in [0.29, 0.717) is 5.02 Å². The Bertz CT molecular complexity index is 861. The summed E-state index contributed by atoms with van der Waals surface area (Å²) in [7, 11) is -3.52. The van der Waals surface area contributed by atoms with Crippen LogP contribution in [0.3, 0.4) is 0 Å². The standard InChI is InChI=1S/C18H18ClNO2S2/c1-2-11-3-5-12(6-4-11)15-16(18(20)23)17(15)24(21,22)14-9-7-13(19)8-10-14/h3-10,15-17H,2H2,1H3,(H2,20,23)/t15-,16-,17-/m1/s1. The Hall–Kier alpha value is -1.43. The number of nitrogens with two attached hydrogens (primary N) is 1. The van der Waals surface area contributed by atoms with Crippen LogP contribution in [0.4, 0.5) is 0 Å². The maximum atomic E-state index is 13.0. The summed E-state index contributed by atoms with van der Waals surface area (Å²) in [6.07, 6.45) is 0.941. The first-order valence-electron chi connectivity index (χ1n) is 7.74. The van der Waals surface area contributed by atoms with Crippen molar-refractivity contribution in [2.45, 2.75) is 29.4 Å². The van der Waals surface area contributed by atoms with Crippen molar-refractivity contribution < 1.29 is 8.42 Å². The zero-order valence-electron chi connectivity index (χ0n) is 13.1. The van der Waals surface area contributed by atoms with E-state index in [1.165, 1.54) is 17.7 Å². The lowest BCUT2D eigenvalue weighted by Gasteiger charge is -2.05. The third-order valence-electron chi connectivity index (χ3n) is 4.56. The average molecular weight is 380 g/mol. The SMILES string of the molecule is CCc1ccc([C@@H]2[C@@H](C(N)=S)[C@@H]2S(=O)(=O)c2ccc(Cl)cc2)cc1. The van der Waals surface area contributed by atoms with Gasteiger partial charge in [-0.2, -0.15) is 0 Å². The van der Waals surface area contributed by atoms with Crippen molar-refractivity contribution in [2.75, 3.05) is 0 Å². The van der Waals surface area contributed by atoms with Crippen LogP contribution in [0.1, 0.15) is 24.0 Å². The van der Waals surface area contributed by atoms with Crippen molar-refractivity contribution >= 4 is 38.6 Å². The summed E-state index contributed by atoms with van der Waals surface area (Å²) >= 11 is 11.0. The predicted molar refractivity (Wildman–Crippen MR) is 101 cm³/mol. The molecule has 126 valence electrons. The lowest BCUT2D eigenvalue weighted by Crippen LogP contribution is -2.17. The molecule has 0 aliphatic heterocycles. The summed E-state index contributed by atoms with van der Waals surface area (Å²) in [5.41, 5.74) is 7.99. The fourth-order valence-electron chi connectivity index (χ4n) is 3.16. The minimum atomic E-state index is -3.52. The Morgan fingerprint density at radius 1 is 1.12 bits per heavy atom. The van der Waals surface area contributed by atoms with Gasteiger partial charge in [-0.3, -0.25) is 0 Å². The topological polar surface area (TPSA) is 60.2 Å². The van der Waals surface area contributed by atoms with Crippen LogP contribution in [0.5, 0.6) is 0 Å². The molecule has 0 bridgehead atoms. The average Bonchev–Trinajstić information content (AvgIpc) is 3.32. The Morgan fingerprint density at radius 3 is 2.21 bits per heavy atom. The van der Waals surface area contributed by atoms with Gasteiger partial charge in [0.25, 0.3) is 0 Å². The minimum absolute atomic E-state index is 0.186. The molecule has 3 rings (SSSR count). The summed E-state index contributed by atoms with van der Waals surface area (Å²) in [4.78, 5) is 0.507. The second-order valence-corrected chi connectivity index (χ2v) is 9.03. The van der Waals surface area contributed by atoms with Gasteiger partial charge in [0, 0.05) is 16.9 Å². The smallest absolute Gasteiger partial charge is 0.182 e. The largest absolute Gasteiger partial charge is 0.393 e. The van der Waals surface area contributed by atoms with Gasteiger partial charge in [0.15, 0.2) is 9.84 Å². The van der Waals surface area contributed by atoms with Crippen LogP contribution in [0.25, 0.3) is 0 Å². The number of sulfone groups is 1. The molecule has 1 fully saturated rings. The quantitative estimate of drug-likeness (QED) is 0.804. The Labute approximate surface area is 152 Å². The molecule has 2 aromatic carbocycles. The Kier molecular flexibility index (Phi) is 4.69. The van der Waals surface area contributed by atoms with Gasteiger partial charge in [-0.25, -0.2) is 8.42 Å². The summed E-state index contributed by atoms with van der Waals surface area (Å²) in [6.45, 7) is 2.08. The Balaban J connectivity index is 1.96. The number of benzene rings is 2. The summed E-state index contributed by atoms with van der Waals surface area (Å²) < 4.78 is 25.9. The highest BCUT2D eigenvalue weighted by atomic mass is 35.5. The molecule has 6 heteroatoms. The molecule has 24 heavy (non-hydrogen) atoms. The number of halogens is 1. The van der Waals surface area contributed by atoms with Gasteiger partial charge in [-0.15, -0.1) is 0 Å². The molecule has 2 N–H and O–H groups in total. The van der Waals surface area contributed by atoms with Crippen molar-refractivity contribution in [1.82, 2.24) is 0 Å². The predicted octanol–water partition coefficient (Wildman–Crippen LogP) is 3.74. The third-order valence-corrected chi connectivity index (χ3v) is 7.31. The molecule has 1 aliphatic rings. The van der Waals surface area contributed by atoms with E-state index >= 15 is 0 Å². The van der Waals surface area contributed by atoms with E-state index in [1.54, 1.807) is 12.1 Å². The fraction of sp³-hybridized carbons (Fsp3) is 0.278. The zero-order chi connectivity index (χ0) is 17.5. The molecule has 0 spiro atoms. The molecule has 2 aromatic rings. The van der Waals surface area contributed by atoms with E-state index in [9.17, 15) is 8.42 Å². The van der Waals surface area contributed by atoms with Gasteiger partial charge in [0.1, 0.15) is 0 Å². The summed E-state index contributed by atoms with van der Waals surface area (Å²) in [5, 5.41) is -0.106. The highest BCUT2D eigenvalue weighted by Gasteiger charge is 2.60. The third kappa shape index (κ3) is 3.08. The van der Waals surface area contributed by atoms with E-state index in [0.717, 1.165) is 12.0 Å². The molecule has 1 saturated carbocycles. The van der Waals surface area contributed by atoms with E-state index in [-0.39, 0.29) is 21.7 Å². The van der Waals surface area contributed by atoms with Gasteiger partial charge < -0.3 is 5.73 Å². The van der Waals surface area contributed by atoms with Crippen molar-refractivity contribution in [3.63, 3.8) is 0 Å². The van der Waals surface area contributed by atoms with Crippen LogP contribution in [-0.2, 0) is 16.3 Å². The molecule has 0 amide bonds. The Morgan fingerprint density at radius 2 is 1.71 bits per heavy atom. The minimum Gasteiger partial charge on any atom is -0.393 e. The van der Waals surface area contributed by atoms with Crippen LogP contribution in [0, 0.1) is 5.92 Å². The monoisotopic (exact) mass is 379 g/mol. The number of thiocarbonyl (C=S) groups is 1. The zero-order valence-corrected chi connectivity index (χ0v) is 15.5. The van der Waals surface area contributed by atoms with Crippen molar-refractivity contribution in [3.05, 3.63) is 64.7 Å². The second-order valence-electron chi connectivity index (χ2n) is 6.01. The van der Waals surface area contributed by atoms with Crippen LogP contribution in [0.2, 0.25) is 5.02 Å². The molecular weight excluding hydrogens is 362 g/mol. The number of rotatable bonds is 5. The maximum absolute atomic E-state index is 13.0. The fourth-order valence-corrected chi connectivity index (χ4v) is 5.82. The van der Waals surface area contributed by atoms with Crippen molar-refractivity contribution in [1.29, 1.82) is 0 Å². The molecule has 0 aromatic heterocycles. The lowest BCUT2D eigenvalue weighted by atomic mass is 10.1. The number of hydrogen-bond donors (Lipinski definition) is 1. The molecular formula is C18H18ClNO2S2. The first kappa shape index (κ1) is 17.4. The number of hydrogen-bond acceptors (Lipinski definition) is 3. The van der Waals surface area contributed by atoms with E-state index in [1.807, 2.05) is 24.3 Å². The molecule has 0 heterocycles. The van der Waals surface area contributed by atoms with Gasteiger partial charge >= 0.3 is 0 Å². The van der Waals surface area contributed by atoms with Crippen LogP contribution in [0.15, 0.2) is 53.4 Å². The van der Waals surface area contributed by atoms with E-state index in [2.05, 4.69) is 6.92 Å². The van der Waals surface area contributed by atoms with E-state index < -0.39 is 15.1 Å². The van der Waals surface area contributed by atoms with Crippen LogP contribution in [-0.4, -0.2) is 18.7 Å². The van der Waals surface area contributed by atoms with Gasteiger partial charge in [-0.05, 0) is 41.8 Å². The normalized spacial score (nSPS) is 23.0. The first-order chi connectivity index (χ1) is 11.4. The molecule has 0 radical (unpaired) electrons. The highest BCUT2D eigenvalue weighted by molar-refractivity contribution is 7.92. The molecule has 0 unspecified atom stereocenters. The molecule has 1 aliphatic carbocycles. The lowest BCUT2D eigenvalue weighted by molar-refractivity contribution is 0.593. The van der Waals surface area contributed by atoms with Gasteiger partial charge in [0.2, 0.25) is 0 Å². The number of aryl methyl sites for hydroxylation is 1. The van der Waals surface area contributed by atoms with Gasteiger partial charge in [0.05, 0.1) is 15.1 Å². The van der Waals surface area contributed by atoms with Crippen molar-refractivity contribution in [3.8, 4) is 0 Å². The van der Waals surface area contributed by atoms with Gasteiger partial charge in [-0.1, -0.05) is 55.0 Å². The first-order valence-corrected chi connectivity index (χ1v) is 10.1. The molecule has 0 saturated heterocycles. The second kappa shape index (κ2) is 6.47.